The van der Waals surface area contributed by atoms with E-state index in [2.05, 4.69) is 30.3 Å². The molecule has 1 aliphatic carbocycles. The minimum atomic E-state index is -0.0753. The van der Waals surface area contributed by atoms with Crippen LogP contribution in [0.15, 0.2) is 36.4 Å². The molecule has 0 aromatic heterocycles. The molecule has 17 heavy (non-hydrogen) atoms. The van der Waals surface area contributed by atoms with Crippen molar-refractivity contribution in [1.29, 1.82) is 0 Å². The summed E-state index contributed by atoms with van der Waals surface area (Å²) in [6.07, 6.45) is 3.46. The summed E-state index contributed by atoms with van der Waals surface area (Å²) < 4.78 is 5.23. The van der Waals surface area contributed by atoms with Gasteiger partial charge in [-0.2, -0.15) is 0 Å². The first kappa shape index (κ1) is 10.6. The summed E-state index contributed by atoms with van der Waals surface area (Å²) in [5.74, 6) is 0.899. The fourth-order valence-corrected chi connectivity index (χ4v) is 2.51. The van der Waals surface area contributed by atoms with Gasteiger partial charge in [-0.05, 0) is 53.8 Å². The van der Waals surface area contributed by atoms with E-state index in [9.17, 15) is 0 Å². The summed E-state index contributed by atoms with van der Waals surface area (Å²) in [6, 6.07) is 12.7. The molecule has 0 bridgehead atoms. The fraction of sp³-hybridized carbons (Fsp3) is 0.333. The molecule has 0 amide bonds. The van der Waals surface area contributed by atoms with Gasteiger partial charge in [0.1, 0.15) is 5.75 Å². The lowest BCUT2D eigenvalue weighted by Gasteiger charge is -2.38. The first-order chi connectivity index (χ1) is 8.21. The van der Waals surface area contributed by atoms with E-state index in [1.54, 1.807) is 7.11 Å². The van der Waals surface area contributed by atoms with Gasteiger partial charge < -0.3 is 10.5 Å². The van der Waals surface area contributed by atoms with Gasteiger partial charge >= 0.3 is 0 Å². The second-order valence-electron chi connectivity index (χ2n) is 4.94. The van der Waals surface area contributed by atoms with Crippen molar-refractivity contribution in [3.8, 4) is 5.75 Å². The molecular formula is C15H17NO. The van der Waals surface area contributed by atoms with Crippen molar-refractivity contribution >= 4 is 10.8 Å². The van der Waals surface area contributed by atoms with Crippen LogP contribution in [-0.4, -0.2) is 7.11 Å². The molecule has 0 atom stereocenters. The van der Waals surface area contributed by atoms with Gasteiger partial charge in [-0.3, -0.25) is 0 Å². The van der Waals surface area contributed by atoms with Gasteiger partial charge in [0.25, 0.3) is 0 Å². The van der Waals surface area contributed by atoms with Gasteiger partial charge in [0.2, 0.25) is 0 Å². The Kier molecular flexibility index (Phi) is 2.33. The zero-order valence-electron chi connectivity index (χ0n) is 10.1. The predicted molar refractivity (Wildman–Crippen MR) is 70.2 cm³/mol. The van der Waals surface area contributed by atoms with Crippen LogP contribution in [0.2, 0.25) is 0 Å². The molecule has 2 nitrogen and oxygen atoms in total. The van der Waals surface area contributed by atoms with Crippen LogP contribution in [0.5, 0.6) is 5.75 Å². The van der Waals surface area contributed by atoms with Crippen LogP contribution < -0.4 is 10.5 Å². The first-order valence-corrected chi connectivity index (χ1v) is 6.08. The average molecular weight is 227 g/mol. The van der Waals surface area contributed by atoms with Crippen molar-refractivity contribution in [2.24, 2.45) is 5.73 Å². The van der Waals surface area contributed by atoms with Gasteiger partial charge in [-0.15, -0.1) is 0 Å². The molecule has 1 saturated carbocycles. The zero-order valence-corrected chi connectivity index (χ0v) is 10.1. The highest BCUT2D eigenvalue weighted by Gasteiger charge is 2.34. The highest BCUT2D eigenvalue weighted by atomic mass is 16.5. The maximum absolute atomic E-state index is 6.35. The summed E-state index contributed by atoms with van der Waals surface area (Å²) in [6.45, 7) is 0. The summed E-state index contributed by atoms with van der Waals surface area (Å²) in [5.41, 5.74) is 7.54. The van der Waals surface area contributed by atoms with E-state index in [-0.39, 0.29) is 5.54 Å². The highest BCUT2D eigenvalue weighted by molar-refractivity contribution is 5.84. The van der Waals surface area contributed by atoms with Crippen LogP contribution >= 0.6 is 0 Å². The summed E-state index contributed by atoms with van der Waals surface area (Å²) >= 11 is 0. The number of nitrogens with two attached hydrogens (primary N) is 1. The predicted octanol–water partition coefficient (Wildman–Crippen LogP) is 3.19. The van der Waals surface area contributed by atoms with Crippen LogP contribution in [0.1, 0.15) is 24.8 Å². The van der Waals surface area contributed by atoms with Gasteiger partial charge in [0.15, 0.2) is 0 Å². The Balaban J connectivity index is 2.07. The minimum Gasteiger partial charge on any atom is -0.497 e. The number of hydrogen-bond donors (Lipinski definition) is 1. The van der Waals surface area contributed by atoms with Crippen LogP contribution in [0.3, 0.4) is 0 Å². The number of methoxy groups -OCH3 is 1. The average Bonchev–Trinajstić information content (AvgIpc) is 2.34. The van der Waals surface area contributed by atoms with E-state index in [0.29, 0.717) is 0 Å². The molecule has 0 spiro atoms. The molecule has 1 fully saturated rings. The Bertz CT molecular complexity index is 558. The molecular weight excluding hydrogens is 210 g/mol. The molecule has 0 radical (unpaired) electrons. The second kappa shape index (κ2) is 3.74. The van der Waals surface area contributed by atoms with Gasteiger partial charge in [-0.25, -0.2) is 0 Å². The number of fused-ring (bicyclic) bond motifs is 1. The topological polar surface area (TPSA) is 35.2 Å². The van der Waals surface area contributed by atoms with Gasteiger partial charge in [0.05, 0.1) is 7.11 Å². The van der Waals surface area contributed by atoms with Crippen molar-refractivity contribution in [1.82, 2.24) is 0 Å². The number of rotatable bonds is 2. The van der Waals surface area contributed by atoms with Crippen LogP contribution in [0.4, 0.5) is 0 Å². The zero-order chi connectivity index (χ0) is 11.9. The van der Waals surface area contributed by atoms with Crippen LogP contribution in [0.25, 0.3) is 10.8 Å². The van der Waals surface area contributed by atoms with Crippen molar-refractivity contribution in [2.45, 2.75) is 24.8 Å². The number of benzene rings is 2. The van der Waals surface area contributed by atoms with Crippen molar-refractivity contribution in [3.63, 3.8) is 0 Å². The molecule has 2 aromatic carbocycles. The Morgan fingerprint density at radius 2 is 1.76 bits per heavy atom. The molecule has 0 aliphatic heterocycles. The number of hydrogen-bond acceptors (Lipinski definition) is 2. The number of ether oxygens (including phenoxy) is 1. The summed E-state index contributed by atoms with van der Waals surface area (Å²) in [5, 5.41) is 2.44. The van der Waals surface area contributed by atoms with E-state index in [4.69, 9.17) is 10.5 Å². The lowest BCUT2D eigenvalue weighted by Crippen LogP contribution is -2.43. The molecule has 2 heteroatoms. The van der Waals surface area contributed by atoms with E-state index < -0.39 is 0 Å². The lowest BCUT2D eigenvalue weighted by atomic mass is 9.72. The monoisotopic (exact) mass is 227 g/mol. The smallest absolute Gasteiger partial charge is 0.119 e. The second-order valence-corrected chi connectivity index (χ2v) is 4.94. The van der Waals surface area contributed by atoms with Crippen LogP contribution in [-0.2, 0) is 5.54 Å². The molecule has 2 aromatic rings. The van der Waals surface area contributed by atoms with Crippen molar-refractivity contribution < 1.29 is 4.74 Å². The third-order valence-corrected chi connectivity index (χ3v) is 3.87. The third-order valence-electron chi connectivity index (χ3n) is 3.87. The first-order valence-electron chi connectivity index (χ1n) is 6.08. The Morgan fingerprint density at radius 3 is 2.41 bits per heavy atom. The van der Waals surface area contributed by atoms with Crippen molar-refractivity contribution in [2.75, 3.05) is 7.11 Å². The van der Waals surface area contributed by atoms with Crippen molar-refractivity contribution in [3.05, 3.63) is 42.0 Å². The lowest BCUT2D eigenvalue weighted by molar-refractivity contribution is 0.254. The van der Waals surface area contributed by atoms with E-state index >= 15 is 0 Å². The summed E-state index contributed by atoms with van der Waals surface area (Å²) in [7, 11) is 1.69. The molecule has 2 N–H and O–H groups in total. The quantitative estimate of drug-likeness (QED) is 0.855. The standard InChI is InChI=1S/C15H17NO/c1-17-14-6-4-11-9-13(5-3-12(11)10-14)15(16)7-2-8-15/h3-6,9-10H,2,7-8,16H2,1H3. The minimum absolute atomic E-state index is 0.0753. The van der Waals surface area contributed by atoms with E-state index in [1.165, 1.54) is 22.8 Å². The molecule has 88 valence electrons. The Hall–Kier alpha value is -1.54. The normalized spacial score (nSPS) is 17.8. The molecule has 0 saturated heterocycles. The maximum Gasteiger partial charge on any atom is 0.119 e. The van der Waals surface area contributed by atoms with E-state index in [0.717, 1.165) is 18.6 Å². The maximum atomic E-state index is 6.35. The Labute approximate surface area is 101 Å². The van der Waals surface area contributed by atoms with Gasteiger partial charge in [0, 0.05) is 5.54 Å². The third kappa shape index (κ3) is 1.69. The van der Waals surface area contributed by atoms with Gasteiger partial charge in [-0.1, -0.05) is 18.2 Å². The fourth-order valence-electron chi connectivity index (χ4n) is 2.51. The largest absolute Gasteiger partial charge is 0.497 e. The van der Waals surface area contributed by atoms with E-state index in [1.807, 2.05) is 6.07 Å². The van der Waals surface area contributed by atoms with Crippen LogP contribution in [0, 0.1) is 0 Å². The molecule has 3 rings (SSSR count). The SMILES string of the molecule is COc1ccc2cc(C3(N)CCC3)ccc2c1. The molecule has 1 aliphatic rings. The summed E-state index contributed by atoms with van der Waals surface area (Å²) in [4.78, 5) is 0. The highest BCUT2D eigenvalue weighted by Crippen LogP contribution is 2.39. The Morgan fingerprint density at radius 1 is 1.06 bits per heavy atom. The molecule has 0 heterocycles. The molecule has 0 unspecified atom stereocenters.